The van der Waals surface area contributed by atoms with Crippen LogP contribution >= 0.6 is 11.3 Å². The van der Waals surface area contributed by atoms with Gasteiger partial charge in [0.2, 0.25) is 0 Å². The number of aryl methyl sites for hydroxylation is 1. The lowest BCUT2D eigenvalue weighted by Gasteiger charge is -2.06. The van der Waals surface area contributed by atoms with E-state index in [0.717, 1.165) is 22.6 Å². The van der Waals surface area contributed by atoms with Gasteiger partial charge in [0.25, 0.3) is 0 Å². The Labute approximate surface area is 121 Å². The number of rotatable bonds is 6. The molecule has 1 N–H and O–H groups in total. The topological polar surface area (TPSA) is 55.8 Å². The summed E-state index contributed by atoms with van der Waals surface area (Å²) in [4.78, 5) is 12.4. The molecule has 2 aromatic rings. The first-order valence-electron chi connectivity index (χ1n) is 6.25. The number of methoxy groups -OCH3 is 1. The van der Waals surface area contributed by atoms with Gasteiger partial charge in [0, 0.05) is 4.88 Å². The zero-order valence-electron chi connectivity index (χ0n) is 11.4. The number of hydrogen-bond acceptors (Lipinski definition) is 4. The predicted octanol–water partition coefficient (Wildman–Crippen LogP) is 3.60. The van der Waals surface area contributed by atoms with Gasteiger partial charge in [-0.1, -0.05) is 19.1 Å². The molecule has 4 nitrogen and oxygen atoms in total. The molecule has 0 saturated heterocycles. The zero-order valence-corrected chi connectivity index (χ0v) is 12.2. The maximum atomic E-state index is 11.2. The van der Waals surface area contributed by atoms with Gasteiger partial charge in [-0.15, -0.1) is 11.3 Å². The number of benzene rings is 1. The monoisotopic (exact) mass is 292 g/mol. The Balaban J connectivity index is 2.09. The van der Waals surface area contributed by atoms with E-state index in [4.69, 9.17) is 14.6 Å². The lowest BCUT2D eigenvalue weighted by Crippen LogP contribution is -2.00. The summed E-state index contributed by atoms with van der Waals surface area (Å²) in [6.45, 7) is 2.33. The van der Waals surface area contributed by atoms with E-state index in [1.54, 1.807) is 13.2 Å². The summed E-state index contributed by atoms with van der Waals surface area (Å²) in [5.41, 5.74) is 0.964. The van der Waals surface area contributed by atoms with E-state index in [-0.39, 0.29) is 4.88 Å². The second kappa shape index (κ2) is 6.43. The minimum Gasteiger partial charge on any atom is -0.497 e. The van der Waals surface area contributed by atoms with Gasteiger partial charge in [0.05, 0.1) is 7.11 Å². The first-order valence-corrected chi connectivity index (χ1v) is 7.07. The van der Waals surface area contributed by atoms with Crippen LogP contribution in [0, 0.1) is 0 Å². The molecular weight excluding hydrogens is 276 g/mol. The molecule has 1 aromatic heterocycles. The van der Waals surface area contributed by atoms with Gasteiger partial charge in [-0.05, 0) is 30.2 Å². The summed E-state index contributed by atoms with van der Waals surface area (Å²) in [5.74, 6) is 0.276. The third-order valence-corrected chi connectivity index (χ3v) is 4.09. The highest BCUT2D eigenvalue weighted by Gasteiger charge is 2.16. The van der Waals surface area contributed by atoms with Crippen LogP contribution in [0.5, 0.6) is 11.5 Å². The highest BCUT2D eigenvalue weighted by Crippen LogP contribution is 2.30. The van der Waals surface area contributed by atoms with Crippen LogP contribution in [-0.4, -0.2) is 18.2 Å². The minimum atomic E-state index is -0.945. The molecule has 1 aromatic carbocycles. The lowest BCUT2D eigenvalue weighted by atomic mass is 10.2. The molecule has 2 rings (SSSR count). The second-order valence-electron chi connectivity index (χ2n) is 4.20. The first kappa shape index (κ1) is 14.4. The Morgan fingerprint density at radius 1 is 1.30 bits per heavy atom. The van der Waals surface area contributed by atoms with Crippen molar-refractivity contribution in [1.82, 2.24) is 0 Å². The standard InChI is InChI=1S/C15H16O4S/c1-3-12-8-13(14(20-12)15(16)17)19-9-10-4-6-11(18-2)7-5-10/h4-8H,3,9H2,1-2H3,(H,16,17). The molecule has 20 heavy (non-hydrogen) atoms. The van der Waals surface area contributed by atoms with Crippen molar-refractivity contribution in [2.75, 3.05) is 7.11 Å². The molecule has 0 aliphatic carbocycles. The van der Waals surface area contributed by atoms with E-state index in [1.165, 1.54) is 11.3 Å². The number of ether oxygens (including phenoxy) is 2. The average molecular weight is 292 g/mol. The smallest absolute Gasteiger partial charge is 0.349 e. The molecule has 0 amide bonds. The maximum Gasteiger partial charge on any atom is 0.349 e. The van der Waals surface area contributed by atoms with Crippen LogP contribution in [0.4, 0.5) is 0 Å². The summed E-state index contributed by atoms with van der Waals surface area (Å²) < 4.78 is 10.7. The Morgan fingerprint density at radius 2 is 2.00 bits per heavy atom. The molecule has 0 spiro atoms. The Bertz CT molecular complexity index is 586. The minimum absolute atomic E-state index is 0.260. The van der Waals surface area contributed by atoms with Crippen LogP contribution in [0.1, 0.15) is 27.0 Å². The van der Waals surface area contributed by atoms with E-state index in [0.29, 0.717) is 12.4 Å². The molecule has 5 heteroatoms. The van der Waals surface area contributed by atoms with Crippen molar-refractivity contribution in [3.8, 4) is 11.5 Å². The third-order valence-electron chi connectivity index (χ3n) is 2.85. The van der Waals surface area contributed by atoms with Gasteiger partial charge in [0.15, 0.2) is 4.88 Å². The highest BCUT2D eigenvalue weighted by molar-refractivity contribution is 7.14. The zero-order chi connectivity index (χ0) is 14.5. The number of carboxylic acid groups (broad SMARTS) is 1. The highest BCUT2D eigenvalue weighted by atomic mass is 32.1. The second-order valence-corrected chi connectivity index (χ2v) is 5.34. The number of aromatic carboxylic acids is 1. The van der Waals surface area contributed by atoms with Gasteiger partial charge < -0.3 is 14.6 Å². The summed E-state index contributed by atoms with van der Waals surface area (Å²) in [5, 5.41) is 9.15. The summed E-state index contributed by atoms with van der Waals surface area (Å²) in [7, 11) is 1.61. The predicted molar refractivity (Wildman–Crippen MR) is 78.0 cm³/mol. The van der Waals surface area contributed by atoms with Crippen molar-refractivity contribution in [3.05, 3.63) is 45.6 Å². The fraction of sp³-hybridized carbons (Fsp3) is 0.267. The largest absolute Gasteiger partial charge is 0.497 e. The van der Waals surface area contributed by atoms with Crippen molar-refractivity contribution >= 4 is 17.3 Å². The van der Waals surface area contributed by atoms with Crippen molar-refractivity contribution in [2.24, 2.45) is 0 Å². The average Bonchev–Trinajstić information content (AvgIpc) is 2.89. The van der Waals surface area contributed by atoms with Crippen LogP contribution in [0.3, 0.4) is 0 Å². The number of carbonyl (C=O) groups is 1. The Morgan fingerprint density at radius 3 is 2.55 bits per heavy atom. The lowest BCUT2D eigenvalue weighted by molar-refractivity contribution is 0.0697. The number of carboxylic acids is 1. The van der Waals surface area contributed by atoms with Gasteiger partial charge in [-0.2, -0.15) is 0 Å². The Hall–Kier alpha value is -2.01. The van der Waals surface area contributed by atoms with Gasteiger partial charge in [-0.25, -0.2) is 4.79 Å². The molecular formula is C15H16O4S. The third kappa shape index (κ3) is 3.30. The van der Waals surface area contributed by atoms with Crippen molar-refractivity contribution < 1.29 is 19.4 Å². The first-order chi connectivity index (χ1) is 9.63. The Kier molecular flexibility index (Phi) is 4.63. The summed E-state index contributed by atoms with van der Waals surface area (Å²) in [6, 6.07) is 9.29. The van der Waals surface area contributed by atoms with E-state index in [9.17, 15) is 4.79 Å². The van der Waals surface area contributed by atoms with Gasteiger partial charge in [-0.3, -0.25) is 0 Å². The molecule has 0 atom stereocenters. The SMILES string of the molecule is CCc1cc(OCc2ccc(OC)cc2)c(C(=O)O)s1. The molecule has 106 valence electrons. The van der Waals surface area contributed by atoms with Crippen LogP contribution in [0.2, 0.25) is 0 Å². The van der Waals surface area contributed by atoms with Crippen LogP contribution in [0.15, 0.2) is 30.3 Å². The molecule has 1 heterocycles. The van der Waals surface area contributed by atoms with Crippen LogP contribution in [0.25, 0.3) is 0 Å². The van der Waals surface area contributed by atoms with E-state index in [2.05, 4.69) is 0 Å². The van der Waals surface area contributed by atoms with Gasteiger partial charge in [0.1, 0.15) is 18.1 Å². The summed E-state index contributed by atoms with van der Waals surface area (Å²) in [6.07, 6.45) is 0.802. The van der Waals surface area contributed by atoms with Gasteiger partial charge >= 0.3 is 5.97 Å². The molecule has 0 aliphatic heterocycles. The van der Waals surface area contributed by atoms with E-state index in [1.807, 2.05) is 31.2 Å². The number of hydrogen-bond donors (Lipinski definition) is 1. The van der Waals surface area contributed by atoms with Crippen molar-refractivity contribution in [1.29, 1.82) is 0 Å². The molecule has 0 saturated carbocycles. The molecule has 0 radical (unpaired) electrons. The molecule has 0 bridgehead atoms. The number of thiophene rings is 1. The van der Waals surface area contributed by atoms with E-state index >= 15 is 0 Å². The van der Waals surface area contributed by atoms with Crippen molar-refractivity contribution in [3.63, 3.8) is 0 Å². The van der Waals surface area contributed by atoms with Crippen molar-refractivity contribution in [2.45, 2.75) is 20.0 Å². The quantitative estimate of drug-likeness (QED) is 0.884. The van der Waals surface area contributed by atoms with Crippen LogP contribution < -0.4 is 9.47 Å². The fourth-order valence-corrected chi connectivity index (χ4v) is 2.61. The molecule has 0 unspecified atom stereocenters. The maximum absolute atomic E-state index is 11.2. The van der Waals surface area contributed by atoms with E-state index < -0.39 is 5.97 Å². The summed E-state index contributed by atoms with van der Waals surface area (Å²) >= 11 is 1.26. The normalized spacial score (nSPS) is 10.3. The molecule has 0 aliphatic rings. The van der Waals surface area contributed by atoms with Crippen LogP contribution in [-0.2, 0) is 13.0 Å². The molecule has 0 fully saturated rings. The fourth-order valence-electron chi connectivity index (χ4n) is 1.74.